The minimum atomic E-state index is -1.38. The van der Waals surface area contributed by atoms with Crippen LogP contribution in [0.3, 0.4) is 0 Å². The van der Waals surface area contributed by atoms with E-state index in [2.05, 4.69) is 20.9 Å². The van der Waals surface area contributed by atoms with Crippen LogP contribution in [0.25, 0.3) is 10.9 Å². The zero-order valence-electron chi connectivity index (χ0n) is 21.7. The fraction of sp³-hybridized carbons (Fsp3) is 0.480. The van der Waals surface area contributed by atoms with Crippen LogP contribution in [0.2, 0.25) is 0 Å². The molecule has 0 aliphatic carbocycles. The summed E-state index contributed by atoms with van der Waals surface area (Å²) >= 11 is 1.44. The summed E-state index contributed by atoms with van der Waals surface area (Å²) in [6, 6.07) is 2.86. The van der Waals surface area contributed by atoms with E-state index >= 15 is 0 Å². The first-order valence-corrected chi connectivity index (χ1v) is 13.6. The molecule has 9 N–H and O–H groups in total. The van der Waals surface area contributed by atoms with Gasteiger partial charge < -0.3 is 37.5 Å². The molecule has 2 rings (SSSR count). The highest BCUT2D eigenvalue weighted by molar-refractivity contribution is 7.98. The number of rotatable bonds is 15. The van der Waals surface area contributed by atoms with E-state index in [0.717, 1.165) is 16.5 Å². The Morgan fingerprint density at radius 2 is 1.66 bits per heavy atom. The lowest BCUT2D eigenvalue weighted by Crippen LogP contribution is -2.59. The number of fused-ring (bicyclic) bond motifs is 1. The Hall–Kier alpha value is -3.58. The summed E-state index contributed by atoms with van der Waals surface area (Å²) in [6.45, 7) is 3.34. The molecule has 4 amide bonds. The summed E-state index contributed by atoms with van der Waals surface area (Å²) in [5.74, 6) is -4.13. The Morgan fingerprint density at radius 3 is 2.26 bits per heavy atom. The maximum Gasteiger partial charge on any atom is 0.326 e. The molecule has 0 aliphatic rings. The normalized spacial score (nSPS) is 14.3. The van der Waals surface area contributed by atoms with Gasteiger partial charge in [-0.2, -0.15) is 11.8 Å². The first kappa shape index (κ1) is 30.6. The molecule has 0 spiro atoms. The van der Waals surface area contributed by atoms with Gasteiger partial charge in [0.1, 0.15) is 18.1 Å². The number of hydrogen-bond acceptors (Lipinski definition) is 7. The summed E-state index contributed by atoms with van der Waals surface area (Å²) in [5, 5.41) is 17.8. The number of carbonyl (C=O) groups is 5. The standard InChI is InChI=1S/C25H36N6O6S/c1-13(2)21(24(35)29-18(25(36)37)8-9-38-3)31-23(34)19(11-20(27)32)30-22(33)16(26)10-14-12-28-17-7-5-4-6-15(14)17/h4-7,12-13,16,18-19,21,28H,8-11,26H2,1-3H3,(H2,27,32)(H,29,35)(H,30,33)(H,31,34)(H,36,37). The van der Waals surface area contributed by atoms with E-state index < -0.39 is 66.1 Å². The average Bonchev–Trinajstić information content (AvgIpc) is 3.26. The number of benzene rings is 1. The molecule has 208 valence electrons. The van der Waals surface area contributed by atoms with Crippen LogP contribution in [-0.2, 0) is 30.4 Å². The SMILES string of the molecule is CSCCC(NC(=O)C(NC(=O)C(CC(N)=O)NC(=O)C(N)Cc1c[nH]c2ccccc12)C(C)C)C(=O)O. The summed E-state index contributed by atoms with van der Waals surface area (Å²) in [6.07, 6.45) is 3.42. The monoisotopic (exact) mass is 548 g/mol. The molecule has 0 saturated carbocycles. The average molecular weight is 549 g/mol. The Balaban J connectivity index is 2.10. The van der Waals surface area contributed by atoms with Gasteiger partial charge in [0.25, 0.3) is 0 Å². The topological polar surface area (TPSA) is 209 Å². The van der Waals surface area contributed by atoms with Crippen molar-refractivity contribution in [2.45, 2.75) is 57.3 Å². The highest BCUT2D eigenvalue weighted by Gasteiger charge is 2.32. The van der Waals surface area contributed by atoms with Gasteiger partial charge in [0.15, 0.2) is 0 Å². The Bertz CT molecular complexity index is 1150. The third-order valence-corrected chi connectivity index (χ3v) is 6.61. The van der Waals surface area contributed by atoms with Crippen LogP contribution in [-0.4, -0.2) is 75.9 Å². The van der Waals surface area contributed by atoms with Gasteiger partial charge in [-0.15, -0.1) is 0 Å². The largest absolute Gasteiger partial charge is 0.480 e. The number of aliphatic carboxylic acids is 1. The molecule has 2 aromatic rings. The lowest BCUT2D eigenvalue weighted by molar-refractivity contribution is -0.142. The fourth-order valence-electron chi connectivity index (χ4n) is 3.86. The third kappa shape index (κ3) is 8.77. The van der Waals surface area contributed by atoms with Crippen molar-refractivity contribution in [3.05, 3.63) is 36.0 Å². The maximum absolute atomic E-state index is 13.1. The number of carboxylic acids is 1. The van der Waals surface area contributed by atoms with Crippen molar-refractivity contribution >= 4 is 52.3 Å². The molecule has 13 heteroatoms. The zero-order chi connectivity index (χ0) is 28.4. The molecule has 12 nitrogen and oxygen atoms in total. The number of carbonyl (C=O) groups excluding carboxylic acids is 4. The molecule has 0 saturated heterocycles. The number of amides is 4. The van der Waals surface area contributed by atoms with Crippen molar-refractivity contribution in [3.63, 3.8) is 0 Å². The molecule has 38 heavy (non-hydrogen) atoms. The van der Waals surface area contributed by atoms with Crippen LogP contribution in [0.5, 0.6) is 0 Å². The first-order chi connectivity index (χ1) is 17.9. The smallest absolute Gasteiger partial charge is 0.326 e. The van der Waals surface area contributed by atoms with E-state index in [1.54, 1.807) is 20.0 Å². The minimum absolute atomic E-state index is 0.171. The molecule has 4 unspecified atom stereocenters. The molecule has 0 fully saturated rings. The van der Waals surface area contributed by atoms with Crippen molar-refractivity contribution < 1.29 is 29.1 Å². The number of nitrogens with one attached hydrogen (secondary N) is 4. The van der Waals surface area contributed by atoms with Gasteiger partial charge in [0, 0.05) is 17.1 Å². The van der Waals surface area contributed by atoms with Crippen LogP contribution in [0.15, 0.2) is 30.5 Å². The number of aromatic nitrogens is 1. The molecule has 1 heterocycles. The summed E-state index contributed by atoms with van der Waals surface area (Å²) < 4.78 is 0. The van der Waals surface area contributed by atoms with E-state index in [1.807, 2.05) is 30.5 Å². The summed E-state index contributed by atoms with van der Waals surface area (Å²) in [4.78, 5) is 65.1. The van der Waals surface area contributed by atoms with Gasteiger partial charge in [-0.3, -0.25) is 19.2 Å². The van der Waals surface area contributed by atoms with Gasteiger partial charge in [-0.05, 0) is 42.4 Å². The molecular formula is C25H36N6O6S. The molecule has 1 aromatic carbocycles. The number of para-hydroxylation sites is 1. The number of hydrogen-bond donors (Lipinski definition) is 7. The highest BCUT2D eigenvalue weighted by Crippen LogP contribution is 2.19. The van der Waals surface area contributed by atoms with Crippen LogP contribution in [0.4, 0.5) is 0 Å². The lowest BCUT2D eigenvalue weighted by atomic mass is 10.0. The van der Waals surface area contributed by atoms with E-state index in [4.69, 9.17) is 11.5 Å². The van der Waals surface area contributed by atoms with Crippen molar-refractivity contribution in [3.8, 4) is 0 Å². The summed E-state index contributed by atoms with van der Waals surface area (Å²) in [7, 11) is 0. The van der Waals surface area contributed by atoms with E-state index in [-0.39, 0.29) is 12.8 Å². The van der Waals surface area contributed by atoms with Gasteiger partial charge >= 0.3 is 5.97 Å². The van der Waals surface area contributed by atoms with E-state index in [9.17, 15) is 29.1 Å². The molecule has 4 atom stereocenters. The lowest BCUT2D eigenvalue weighted by Gasteiger charge is -2.26. The van der Waals surface area contributed by atoms with E-state index in [0.29, 0.717) is 5.75 Å². The van der Waals surface area contributed by atoms with Crippen LogP contribution in [0, 0.1) is 5.92 Å². The molecule has 1 aromatic heterocycles. The Labute approximate surface area is 225 Å². The maximum atomic E-state index is 13.1. The number of nitrogens with two attached hydrogens (primary N) is 2. The fourth-order valence-corrected chi connectivity index (χ4v) is 4.33. The number of primary amides is 1. The van der Waals surface area contributed by atoms with Crippen molar-refractivity contribution in [1.82, 2.24) is 20.9 Å². The predicted molar refractivity (Wildman–Crippen MR) is 145 cm³/mol. The third-order valence-electron chi connectivity index (χ3n) is 5.96. The van der Waals surface area contributed by atoms with Crippen molar-refractivity contribution in [1.29, 1.82) is 0 Å². The van der Waals surface area contributed by atoms with Gasteiger partial charge in [-0.25, -0.2) is 4.79 Å². The number of thioether (sulfide) groups is 1. The highest BCUT2D eigenvalue weighted by atomic mass is 32.2. The van der Waals surface area contributed by atoms with Gasteiger partial charge in [-0.1, -0.05) is 32.0 Å². The minimum Gasteiger partial charge on any atom is -0.480 e. The van der Waals surface area contributed by atoms with E-state index in [1.165, 1.54) is 11.8 Å². The van der Waals surface area contributed by atoms with Crippen molar-refractivity contribution in [2.24, 2.45) is 17.4 Å². The molecular weight excluding hydrogens is 512 g/mol. The predicted octanol–water partition coefficient (Wildman–Crippen LogP) is -0.139. The second kappa shape index (κ2) is 14.4. The molecule has 0 aliphatic heterocycles. The molecule has 0 radical (unpaired) electrons. The van der Waals surface area contributed by atoms with Crippen LogP contribution < -0.4 is 27.4 Å². The zero-order valence-corrected chi connectivity index (χ0v) is 22.5. The Kier molecular flexibility index (Phi) is 11.6. The van der Waals surface area contributed by atoms with Crippen LogP contribution in [0.1, 0.15) is 32.3 Å². The summed E-state index contributed by atoms with van der Waals surface area (Å²) in [5.41, 5.74) is 13.1. The Morgan fingerprint density at radius 1 is 1.00 bits per heavy atom. The van der Waals surface area contributed by atoms with Crippen LogP contribution >= 0.6 is 11.8 Å². The van der Waals surface area contributed by atoms with Crippen molar-refractivity contribution in [2.75, 3.05) is 12.0 Å². The first-order valence-electron chi connectivity index (χ1n) is 12.2. The second-order valence-electron chi connectivity index (χ2n) is 9.31. The molecule has 0 bridgehead atoms. The number of aromatic amines is 1. The van der Waals surface area contributed by atoms with Gasteiger partial charge in [0.2, 0.25) is 23.6 Å². The number of H-pyrrole nitrogens is 1. The number of carboxylic acid groups (broad SMARTS) is 1. The quantitative estimate of drug-likeness (QED) is 0.159. The second-order valence-corrected chi connectivity index (χ2v) is 10.3. The van der Waals surface area contributed by atoms with Gasteiger partial charge in [0.05, 0.1) is 12.5 Å².